The van der Waals surface area contributed by atoms with Gasteiger partial charge in [-0.2, -0.15) is 5.10 Å². The number of rotatable bonds is 4. The van der Waals surface area contributed by atoms with Gasteiger partial charge in [-0.1, -0.05) is 12.1 Å². The van der Waals surface area contributed by atoms with Crippen LogP contribution in [0.25, 0.3) is 5.65 Å². The van der Waals surface area contributed by atoms with Crippen molar-refractivity contribution >= 4 is 17.2 Å². The lowest BCUT2D eigenvalue weighted by molar-refractivity contribution is -0.115. The third-order valence-corrected chi connectivity index (χ3v) is 3.10. The minimum absolute atomic E-state index is 0.101. The summed E-state index contributed by atoms with van der Waals surface area (Å²) in [7, 11) is 1.61. The first kappa shape index (κ1) is 13.1. The van der Waals surface area contributed by atoms with Crippen molar-refractivity contribution in [1.29, 1.82) is 0 Å². The van der Waals surface area contributed by atoms with E-state index in [0.29, 0.717) is 17.8 Å². The fourth-order valence-corrected chi connectivity index (χ4v) is 2.07. The Kier molecular flexibility index (Phi) is 3.51. The number of nitrogens with zero attached hydrogens (tertiary/aromatic N) is 3. The van der Waals surface area contributed by atoms with Crippen molar-refractivity contribution in [3.8, 4) is 5.75 Å². The number of methoxy groups -OCH3 is 1. The molecular formula is C15H14N4O2. The van der Waals surface area contributed by atoms with Gasteiger partial charge in [0.25, 0.3) is 0 Å². The number of carbonyl (C=O) groups is 1. The zero-order valence-electron chi connectivity index (χ0n) is 11.5. The molecule has 106 valence electrons. The number of anilines is 1. The Morgan fingerprint density at radius 2 is 2.10 bits per heavy atom. The fraction of sp³-hybridized carbons (Fsp3) is 0.133. The maximum atomic E-state index is 12.1. The van der Waals surface area contributed by atoms with E-state index in [2.05, 4.69) is 15.4 Å². The van der Waals surface area contributed by atoms with Crippen LogP contribution in [0.1, 0.15) is 5.56 Å². The van der Waals surface area contributed by atoms with E-state index in [1.807, 2.05) is 30.3 Å². The Morgan fingerprint density at radius 3 is 2.86 bits per heavy atom. The first-order valence-corrected chi connectivity index (χ1v) is 6.47. The number of hydrogen-bond donors (Lipinski definition) is 1. The molecule has 1 amide bonds. The fourth-order valence-electron chi connectivity index (χ4n) is 2.07. The van der Waals surface area contributed by atoms with Crippen LogP contribution in [-0.2, 0) is 11.2 Å². The Bertz CT molecular complexity index is 765. The summed E-state index contributed by atoms with van der Waals surface area (Å²) in [6.07, 6.45) is 3.52. The third-order valence-electron chi connectivity index (χ3n) is 3.10. The Hall–Kier alpha value is -2.89. The minimum Gasteiger partial charge on any atom is -0.497 e. The van der Waals surface area contributed by atoms with Gasteiger partial charge in [-0.25, -0.2) is 9.50 Å². The molecule has 0 aliphatic heterocycles. The molecule has 3 aromatic rings. The molecule has 21 heavy (non-hydrogen) atoms. The zero-order chi connectivity index (χ0) is 14.7. The third kappa shape index (κ3) is 2.84. The maximum absolute atomic E-state index is 12.1. The van der Waals surface area contributed by atoms with Gasteiger partial charge in [0.05, 0.1) is 19.2 Å². The van der Waals surface area contributed by atoms with Crippen LogP contribution in [0, 0.1) is 0 Å². The normalized spacial score (nSPS) is 10.5. The first-order valence-electron chi connectivity index (χ1n) is 6.47. The van der Waals surface area contributed by atoms with Crippen molar-refractivity contribution in [2.24, 2.45) is 0 Å². The first-order chi connectivity index (χ1) is 10.3. The van der Waals surface area contributed by atoms with Gasteiger partial charge in [-0.15, -0.1) is 0 Å². The van der Waals surface area contributed by atoms with Crippen LogP contribution in [0.2, 0.25) is 0 Å². The highest BCUT2D eigenvalue weighted by molar-refractivity contribution is 5.95. The summed E-state index contributed by atoms with van der Waals surface area (Å²) in [5.74, 6) is 0.670. The summed E-state index contributed by atoms with van der Waals surface area (Å²) in [6, 6.07) is 11.0. The monoisotopic (exact) mass is 282 g/mol. The van der Waals surface area contributed by atoms with E-state index in [1.54, 1.807) is 23.9 Å². The molecule has 0 fully saturated rings. The molecule has 6 nitrogen and oxygen atoms in total. The van der Waals surface area contributed by atoms with E-state index >= 15 is 0 Å². The van der Waals surface area contributed by atoms with E-state index in [-0.39, 0.29) is 5.91 Å². The predicted octanol–water partition coefficient (Wildman–Crippen LogP) is 1.92. The molecule has 0 atom stereocenters. The van der Waals surface area contributed by atoms with Crippen LogP contribution in [0.4, 0.5) is 5.69 Å². The molecule has 0 saturated carbocycles. The molecule has 0 saturated heterocycles. The topological polar surface area (TPSA) is 68.5 Å². The molecule has 1 N–H and O–H groups in total. The smallest absolute Gasteiger partial charge is 0.228 e. The quantitative estimate of drug-likeness (QED) is 0.793. The van der Waals surface area contributed by atoms with Crippen molar-refractivity contribution in [1.82, 2.24) is 14.6 Å². The van der Waals surface area contributed by atoms with Gasteiger partial charge in [0.2, 0.25) is 5.91 Å². The van der Waals surface area contributed by atoms with Crippen LogP contribution in [-0.4, -0.2) is 27.6 Å². The number of ether oxygens (including phenoxy) is 1. The second kappa shape index (κ2) is 5.62. The van der Waals surface area contributed by atoms with Crippen molar-refractivity contribution in [2.75, 3.05) is 12.4 Å². The van der Waals surface area contributed by atoms with Crippen molar-refractivity contribution < 1.29 is 9.53 Å². The Balaban J connectivity index is 1.72. The number of nitrogens with one attached hydrogen (secondary N) is 1. The van der Waals surface area contributed by atoms with Gasteiger partial charge in [-0.3, -0.25) is 4.79 Å². The van der Waals surface area contributed by atoms with Crippen molar-refractivity contribution in [2.45, 2.75) is 6.42 Å². The molecule has 3 rings (SSSR count). The lowest BCUT2D eigenvalue weighted by Crippen LogP contribution is -2.15. The summed E-state index contributed by atoms with van der Waals surface area (Å²) in [4.78, 5) is 16.2. The molecule has 2 aromatic heterocycles. The molecule has 0 aliphatic carbocycles. The van der Waals surface area contributed by atoms with Crippen LogP contribution in [0.15, 0.2) is 48.9 Å². The van der Waals surface area contributed by atoms with Crippen LogP contribution < -0.4 is 10.1 Å². The lowest BCUT2D eigenvalue weighted by Gasteiger charge is -2.06. The standard InChI is InChI=1S/C15H14N4O2/c1-21-12-6-4-11(5-7-12)9-14(20)18-13-3-2-8-19-15(13)16-10-17-19/h2-8,10H,9H2,1H3,(H,18,20). The number of hydrogen-bond acceptors (Lipinski definition) is 4. The molecule has 0 unspecified atom stereocenters. The van der Waals surface area contributed by atoms with Gasteiger partial charge in [0.15, 0.2) is 5.65 Å². The maximum Gasteiger partial charge on any atom is 0.228 e. The largest absolute Gasteiger partial charge is 0.497 e. The molecule has 0 radical (unpaired) electrons. The summed E-state index contributed by atoms with van der Waals surface area (Å²) < 4.78 is 6.70. The van der Waals surface area contributed by atoms with E-state index in [4.69, 9.17) is 4.74 Å². The van der Waals surface area contributed by atoms with Crippen molar-refractivity contribution in [3.63, 3.8) is 0 Å². The second-order valence-electron chi connectivity index (χ2n) is 4.52. The van der Waals surface area contributed by atoms with E-state index in [1.165, 1.54) is 6.33 Å². The van der Waals surface area contributed by atoms with Crippen LogP contribution >= 0.6 is 0 Å². The number of carbonyl (C=O) groups excluding carboxylic acids is 1. The van der Waals surface area contributed by atoms with Gasteiger partial charge in [0.1, 0.15) is 12.1 Å². The highest BCUT2D eigenvalue weighted by Crippen LogP contribution is 2.15. The molecule has 0 bridgehead atoms. The molecule has 6 heteroatoms. The van der Waals surface area contributed by atoms with Gasteiger partial charge < -0.3 is 10.1 Å². The summed E-state index contributed by atoms with van der Waals surface area (Å²) >= 11 is 0. The van der Waals surface area contributed by atoms with Crippen LogP contribution in [0.3, 0.4) is 0 Å². The number of amides is 1. The predicted molar refractivity (Wildman–Crippen MR) is 78.3 cm³/mol. The Morgan fingerprint density at radius 1 is 1.29 bits per heavy atom. The molecule has 0 spiro atoms. The average molecular weight is 282 g/mol. The zero-order valence-corrected chi connectivity index (χ0v) is 11.5. The number of pyridine rings is 1. The summed E-state index contributed by atoms with van der Waals surface area (Å²) in [5.41, 5.74) is 2.19. The molecular weight excluding hydrogens is 268 g/mol. The number of benzene rings is 1. The summed E-state index contributed by atoms with van der Waals surface area (Å²) in [5, 5.41) is 6.88. The number of aromatic nitrogens is 3. The van der Waals surface area contributed by atoms with E-state index in [9.17, 15) is 4.79 Å². The molecule has 1 aromatic carbocycles. The SMILES string of the molecule is COc1ccc(CC(=O)Nc2cccn3ncnc23)cc1. The van der Waals surface area contributed by atoms with Gasteiger partial charge in [0, 0.05) is 6.20 Å². The Labute approximate surface area is 121 Å². The molecule has 0 aliphatic rings. The van der Waals surface area contributed by atoms with Crippen molar-refractivity contribution in [3.05, 3.63) is 54.5 Å². The summed E-state index contributed by atoms with van der Waals surface area (Å²) in [6.45, 7) is 0. The lowest BCUT2D eigenvalue weighted by atomic mass is 10.1. The second-order valence-corrected chi connectivity index (χ2v) is 4.52. The van der Waals surface area contributed by atoms with Gasteiger partial charge in [-0.05, 0) is 29.8 Å². The average Bonchev–Trinajstić information content (AvgIpc) is 2.97. The van der Waals surface area contributed by atoms with E-state index in [0.717, 1.165) is 11.3 Å². The van der Waals surface area contributed by atoms with Gasteiger partial charge >= 0.3 is 0 Å². The van der Waals surface area contributed by atoms with Crippen LogP contribution in [0.5, 0.6) is 5.75 Å². The molecule has 2 heterocycles. The highest BCUT2D eigenvalue weighted by atomic mass is 16.5. The minimum atomic E-state index is -0.101. The number of fused-ring (bicyclic) bond motifs is 1. The highest BCUT2D eigenvalue weighted by Gasteiger charge is 2.08. The van der Waals surface area contributed by atoms with E-state index < -0.39 is 0 Å².